The van der Waals surface area contributed by atoms with Crippen molar-refractivity contribution in [1.82, 2.24) is 4.90 Å². The molecule has 1 heterocycles. The summed E-state index contributed by atoms with van der Waals surface area (Å²) in [5.74, 6) is -0.688. The topological polar surface area (TPSA) is 66.8 Å². The molecule has 0 aromatic heterocycles. The average molecular weight is 365 g/mol. The molecule has 0 saturated carbocycles. The number of nitrogens with zero attached hydrogens (tertiary/aromatic N) is 1. The summed E-state index contributed by atoms with van der Waals surface area (Å²) < 4.78 is 5.62. The standard InChI is InChI=1S/C22H23NO4/c1-14-10-11-23(20(12-14)21(24)25)22(26)27-13-19-17-8-4-2-6-15(17)16-7-3-5-9-18(16)19/h2-9,14,19-20H,10-13H2,1H3,(H,24,25). The number of likely N-dealkylation sites (tertiary alicyclic amines) is 1. The first kappa shape index (κ1) is 17.6. The Morgan fingerprint density at radius 2 is 1.67 bits per heavy atom. The Kier molecular flexibility index (Phi) is 4.60. The van der Waals surface area contributed by atoms with Crippen molar-refractivity contribution in [3.8, 4) is 11.1 Å². The summed E-state index contributed by atoms with van der Waals surface area (Å²) >= 11 is 0. The highest BCUT2D eigenvalue weighted by Crippen LogP contribution is 2.44. The molecule has 27 heavy (non-hydrogen) atoms. The molecule has 5 nitrogen and oxygen atoms in total. The smallest absolute Gasteiger partial charge is 0.410 e. The lowest BCUT2D eigenvalue weighted by atomic mass is 9.93. The minimum Gasteiger partial charge on any atom is -0.480 e. The minimum atomic E-state index is -0.963. The van der Waals surface area contributed by atoms with Gasteiger partial charge in [0.05, 0.1) is 0 Å². The number of rotatable bonds is 3. The quantitative estimate of drug-likeness (QED) is 0.888. The molecule has 2 unspecified atom stereocenters. The van der Waals surface area contributed by atoms with Crippen LogP contribution in [0.25, 0.3) is 11.1 Å². The van der Waals surface area contributed by atoms with E-state index in [1.807, 2.05) is 31.2 Å². The average Bonchev–Trinajstić information content (AvgIpc) is 3.00. The Balaban J connectivity index is 1.52. The number of hydrogen-bond acceptors (Lipinski definition) is 3. The van der Waals surface area contributed by atoms with Gasteiger partial charge in [0, 0.05) is 12.5 Å². The SMILES string of the molecule is CC1CCN(C(=O)OCC2c3ccccc3-c3ccccc32)C(C(=O)O)C1. The van der Waals surface area contributed by atoms with Gasteiger partial charge in [-0.25, -0.2) is 9.59 Å². The number of benzene rings is 2. The predicted molar refractivity (Wildman–Crippen MR) is 102 cm³/mol. The lowest BCUT2D eigenvalue weighted by Gasteiger charge is -2.35. The van der Waals surface area contributed by atoms with Crippen LogP contribution in [0.1, 0.15) is 36.8 Å². The maximum atomic E-state index is 12.6. The van der Waals surface area contributed by atoms with Crippen molar-refractivity contribution in [2.45, 2.75) is 31.7 Å². The van der Waals surface area contributed by atoms with E-state index in [4.69, 9.17) is 4.74 Å². The highest BCUT2D eigenvalue weighted by Gasteiger charge is 2.36. The van der Waals surface area contributed by atoms with Gasteiger partial charge in [-0.3, -0.25) is 4.90 Å². The summed E-state index contributed by atoms with van der Waals surface area (Å²) in [5, 5.41) is 9.47. The van der Waals surface area contributed by atoms with Gasteiger partial charge >= 0.3 is 12.1 Å². The molecule has 4 rings (SSSR count). The van der Waals surface area contributed by atoms with Crippen molar-refractivity contribution < 1.29 is 19.4 Å². The molecule has 1 saturated heterocycles. The fraction of sp³-hybridized carbons (Fsp3) is 0.364. The summed E-state index contributed by atoms with van der Waals surface area (Å²) in [6, 6.07) is 15.5. The molecule has 0 spiro atoms. The number of fused-ring (bicyclic) bond motifs is 3. The molecule has 1 aliphatic carbocycles. The summed E-state index contributed by atoms with van der Waals surface area (Å²) in [7, 11) is 0. The van der Waals surface area contributed by atoms with E-state index in [0.717, 1.165) is 17.5 Å². The molecule has 1 amide bonds. The van der Waals surface area contributed by atoms with E-state index in [-0.39, 0.29) is 12.5 Å². The largest absolute Gasteiger partial charge is 0.480 e. The normalized spacial score (nSPS) is 21.4. The van der Waals surface area contributed by atoms with Crippen LogP contribution in [0, 0.1) is 5.92 Å². The second-order valence-corrected chi connectivity index (χ2v) is 7.48. The van der Waals surface area contributed by atoms with Gasteiger partial charge in [0.25, 0.3) is 0 Å². The molecular weight excluding hydrogens is 342 g/mol. The van der Waals surface area contributed by atoms with Gasteiger partial charge in [-0.1, -0.05) is 55.5 Å². The van der Waals surface area contributed by atoms with Crippen LogP contribution in [0.5, 0.6) is 0 Å². The number of amides is 1. The Morgan fingerprint density at radius 3 is 2.26 bits per heavy atom. The van der Waals surface area contributed by atoms with Crippen LogP contribution in [0.2, 0.25) is 0 Å². The first-order valence-corrected chi connectivity index (χ1v) is 9.40. The van der Waals surface area contributed by atoms with E-state index in [2.05, 4.69) is 24.3 Å². The number of carboxylic acid groups (broad SMARTS) is 1. The van der Waals surface area contributed by atoms with Crippen LogP contribution in [-0.4, -0.2) is 41.3 Å². The van der Waals surface area contributed by atoms with Gasteiger partial charge in [-0.2, -0.15) is 0 Å². The number of ether oxygens (including phenoxy) is 1. The molecule has 1 N–H and O–H groups in total. The fourth-order valence-corrected chi connectivity index (χ4v) is 4.27. The molecule has 1 fully saturated rings. The van der Waals surface area contributed by atoms with Crippen molar-refractivity contribution in [1.29, 1.82) is 0 Å². The van der Waals surface area contributed by atoms with E-state index in [1.54, 1.807) is 0 Å². The first-order chi connectivity index (χ1) is 13.1. The molecule has 2 aliphatic rings. The van der Waals surface area contributed by atoms with Gasteiger partial charge in [-0.15, -0.1) is 0 Å². The van der Waals surface area contributed by atoms with Gasteiger partial charge in [-0.05, 0) is 41.0 Å². The Morgan fingerprint density at radius 1 is 1.07 bits per heavy atom. The number of piperidine rings is 1. The second-order valence-electron chi connectivity index (χ2n) is 7.48. The first-order valence-electron chi connectivity index (χ1n) is 9.40. The third kappa shape index (κ3) is 3.18. The molecule has 0 radical (unpaired) electrons. The summed E-state index contributed by atoms with van der Waals surface area (Å²) in [6.45, 7) is 2.66. The number of carbonyl (C=O) groups excluding carboxylic acids is 1. The van der Waals surface area contributed by atoms with Gasteiger partial charge in [0.1, 0.15) is 12.6 Å². The molecule has 0 bridgehead atoms. The van der Waals surface area contributed by atoms with Crippen molar-refractivity contribution in [2.24, 2.45) is 5.92 Å². The van der Waals surface area contributed by atoms with Crippen molar-refractivity contribution in [3.05, 3.63) is 59.7 Å². The van der Waals surface area contributed by atoms with Crippen LogP contribution in [0.15, 0.2) is 48.5 Å². The second kappa shape index (κ2) is 7.06. The van der Waals surface area contributed by atoms with E-state index < -0.39 is 18.1 Å². The molecule has 5 heteroatoms. The highest BCUT2D eigenvalue weighted by molar-refractivity contribution is 5.81. The van der Waals surface area contributed by atoms with Crippen LogP contribution < -0.4 is 0 Å². The van der Waals surface area contributed by atoms with Gasteiger partial charge in [0.2, 0.25) is 0 Å². The molecule has 2 atom stereocenters. The van der Waals surface area contributed by atoms with Crippen LogP contribution in [0.4, 0.5) is 4.79 Å². The molecule has 140 valence electrons. The van der Waals surface area contributed by atoms with E-state index in [1.165, 1.54) is 16.0 Å². The molecular formula is C22H23NO4. The third-order valence-electron chi connectivity index (χ3n) is 5.72. The maximum Gasteiger partial charge on any atom is 0.410 e. The summed E-state index contributed by atoms with van der Waals surface area (Å²) in [4.78, 5) is 25.6. The van der Waals surface area contributed by atoms with Crippen molar-refractivity contribution >= 4 is 12.1 Å². The van der Waals surface area contributed by atoms with Crippen LogP contribution in [0.3, 0.4) is 0 Å². The fourth-order valence-electron chi connectivity index (χ4n) is 4.27. The van der Waals surface area contributed by atoms with E-state index >= 15 is 0 Å². The Labute approximate surface area is 158 Å². The highest BCUT2D eigenvalue weighted by atomic mass is 16.6. The third-order valence-corrected chi connectivity index (χ3v) is 5.72. The summed E-state index contributed by atoms with van der Waals surface area (Å²) in [5.41, 5.74) is 4.64. The Bertz CT molecular complexity index is 833. The zero-order chi connectivity index (χ0) is 19.0. The number of carboxylic acids is 1. The van der Waals surface area contributed by atoms with Crippen molar-refractivity contribution in [3.63, 3.8) is 0 Å². The van der Waals surface area contributed by atoms with E-state index in [9.17, 15) is 14.7 Å². The Hall–Kier alpha value is -2.82. The number of aliphatic carboxylic acids is 1. The monoisotopic (exact) mass is 365 g/mol. The summed E-state index contributed by atoms with van der Waals surface area (Å²) in [6.07, 6.45) is 0.740. The lowest BCUT2D eigenvalue weighted by molar-refractivity contribution is -0.144. The predicted octanol–water partition coefficient (Wildman–Crippen LogP) is 4.12. The zero-order valence-corrected chi connectivity index (χ0v) is 15.3. The van der Waals surface area contributed by atoms with Crippen LogP contribution in [-0.2, 0) is 9.53 Å². The molecule has 2 aromatic carbocycles. The van der Waals surface area contributed by atoms with Crippen LogP contribution >= 0.6 is 0 Å². The zero-order valence-electron chi connectivity index (χ0n) is 15.3. The van der Waals surface area contributed by atoms with Gasteiger partial charge in [0.15, 0.2) is 0 Å². The maximum absolute atomic E-state index is 12.6. The van der Waals surface area contributed by atoms with E-state index in [0.29, 0.717) is 18.9 Å². The number of carbonyl (C=O) groups is 2. The number of hydrogen-bond donors (Lipinski definition) is 1. The molecule has 2 aromatic rings. The van der Waals surface area contributed by atoms with Crippen molar-refractivity contribution in [2.75, 3.05) is 13.2 Å². The lowest BCUT2D eigenvalue weighted by Crippen LogP contribution is -2.50. The molecule has 1 aliphatic heterocycles. The van der Waals surface area contributed by atoms with Gasteiger partial charge < -0.3 is 9.84 Å². The minimum absolute atomic E-state index is 0.0201.